The van der Waals surface area contributed by atoms with E-state index in [2.05, 4.69) is 188 Å². The van der Waals surface area contributed by atoms with Crippen LogP contribution in [0.15, 0.2) is 194 Å². The van der Waals surface area contributed by atoms with E-state index in [-0.39, 0.29) is 0 Å². The number of hydrogen-bond donors (Lipinski definition) is 0. The standard InChI is InChI=1S/C50H32N2/c1-3-17-35(18-4-1)47-42-26-11-12-27-43(42)49(48-41-25-10-8-16-34(41)29-30-44(47)48)46-32-45(51-50(52-46)36-19-5-2-6-20-36)38-23-13-22-37(31-38)40-28-14-21-33-15-7-9-24-39(33)40/h1-32H. The van der Waals surface area contributed by atoms with Crippen LogP contribution in [0.25, 0.3) is 99.2 Å². The van der Waals surface area contributed by atoms with E-state index >= 15 is 0 Å². The Labute approximate surface area is 302 Å². The lowest BCUT2D eigenvalue weighted by atomic mass is 9.85. The van der Waals surface area contributed by atoms with Crippen molar-refractivity contribution in [3.63, 3.8) is 0 Å². The van der Waals surface area contributed by atoms with Crippen molar-refractivity contribution in [1.29, 1.82) is 0 Å². The zero-order valence-electron chi connectivity index (χ0n) is 28.4. The van der Waals surface area contributed by atoms with Gasteiger partial charge in [0.25, 0.3) is 0 Å². The molecule has 0 aliphatic carbocycles. The Morgan fingerprint density at radius 2 is 0.827 bits per heavy atom. The molecule has 0 bridgehead atoms. The molecule has 0 saturated carbocycles. The normalized spacial score (nSPS) is 11.5. The quantitative estimate of drug-likeness (QED) is 0.136. The lowest BCUT2D eigenvalue weighted by molar-refractivity contribution is 1.19. The van der Waals surface area contributed by atoms with Gasteiger partial charge in [0.15, 0.2) is 5.82 Å². The zero-order chi connectivity index (χ0) is 34.4. The third kappa shape index (κ3) is 5.04. The van der Waals surface area contributed by atoms with Gasteiger partial charge in [0.1, 0.15) is 0 Å². The minimum absolute atomic E-state index is 0.702. The summed E-state index contributed by atoms with van der Waals surface area (Å²) in [5.41, 5.74) is 9.73. The third-order valence-corrected chi connectivity index (χ3v) is 10.2. The van der Waals surface area contributed by atoms with Crippen LogP contribution in [-0.2, 0) is 0 Å². The van der Waals surface area contributed by atoms with Crippen LogP contribution < -0.4 is 0 Å². The Morgan fingerprint density at radius 3 is 1.60 bits per heavy atom. The molecule has 2 heteroatoms. The second kappa shape index (κ2) is 12.5. The number of hydrogen-bond acceptors (Lipinski definition) is 2. The second-order valence-corrected chi connectivity index (χ2v) is 13.3. The Kier molecular flexibility index (Phi) is 7.18. The van der Waals surface area contributed by atoms with Crippen molar-refractivity contribution in [3.05, 3.63) is 194 Å². The largest absolute Gasteiger partial charge is 0.228 e. The van der Waals surface area contributed by atoms with E-state index in [1.165, 1.54) is 59.8 Å². The Morgan fingerprint density at radius 1 is 0.288 bits per heavy atom. The van der Waals surface area contributed by atoms with Crippen molar-refractivity contribution in [2.75, 3.05) is 0 Å². The van der Waals surface area contributed by atoms with Crippen LogP contribution in [0.3, 0.4) is 0 Å². The summed E-state index contributed by atoms with van der Waals surface area (Å²) in [6, 6.07) is 69.2. The van der Waals surface area contributed by atoms with Gasteiger partial charge in [-0.15, -0.1) is 0 Å². The van der Waals surface area contributed by atoms with Crippen LogP contribution in [0.2, 0.25) is 0 Å². The number of nitrogens with zero attached hydrogens (tertiary/aromatic N) is 2. The van der Waals surface area contributed by atoms with Gasteiger partial charge in [-0.2, -0.15) is 0 Å². The smallest absolute Gasteiger partial charge is 0.160 e. The highest BCUT2D eigenvalue weighted by Gasteiger charge is 2.21. The zero-order valence-corrected chi connectivity index (χ0v) is 28.4. The first kappa shape index (κ1) is 30.0. The molecular formula is C50H32N2. The van der Waals surface area contributed by atoms with Crippen molar-refractivity contribution >= 4 is 43.1 Å². The van der Waals surface area contributed by atoms with Crippen LogP contribution in [0.1, 0.15) is 0 Å². The molecule has 1 heterocycles. The number of fused-ring (bicyclic) bond motifs is 5. The molecule has 10 aromatic rings. The Balaban J connectivity index is 1.30. The molecule has 0 radical (unpaired) electrons. The van der Waals surface area contributed by atoms with Gasteiger partial charge in [0.05, 0.1) is 11.4 Å². The summed E-state index contributed by atoms with van der Waals surface area (Å²) in [5.74, 6) is 0.702. The lowest BCUT2D eigenvalue weighted by Crippen LogP contribution is -1.98. The lowest BCUT2D eigenvalue weighted by Gasteiger charge is -2.19. The molecule has 10 rings (SSSR count). The number of rotatable bonds is 5. The third-order valence-electron chi connectivity index (χ3n) is 10.2. The molecule has 242 valence electrons. The summed E-state index contributed by atoms with van der Waals surface area (Å²) in [5, 5.41) is 9.64. The van der Waals surface area contributed by atoms with Crippen molar-refractivity contribution in [2.24, 2.45) is 0 Å². The van der Waals surface area contributed by atoms with E-state index in [1.807, 2.05) is 6.07 Å². The molecule has 0 amide bonds. The molecule has 1 aromatic heterocycles. The molecule has 0 atom stereocenters. The predicted octanol–water partition coefficient (Wildman–Crippen LogP) is 13.4. The van der Waals surface area contributed by atoms with Gasteiger partial charge in [0, 0.05) is 22.1 Å². The van der Waals surface area contributed by atoms with Crippen molar-refractivity contribution in [1.82, 2.24) is 9.97 Å². The van der Waals surface area contributed by atoms with E-state index in [1.54, 1.807) is 0 Å². The predicted molar refractivity (Wildman–Crippen MR) is 219 cm³/mol. The summed E-state index contributed by atoms with van der Waals surface area (Å²) < 4.78 is 0. The van der Waals surface area contributed by atoms with Crippen molar-refractivity contribution in [3.8, 4) is 56.2 Å². The second-order valence-electron chi connectivity index (χ2n) is 13.3. The van der Waals surface area contributed by atoms with Crippen LogP contribution >= 0.6 is 0 Å². The summed E-state index contributed by atoms with van der Waals surface area (Å²) in [6.45, 7) is 0. The Bertz CT molecular complexity index is 2940. The molecule has 0 fully saturated rings. The van der Waals surface area contributed by atoms with Gasteiger partial charge in [-0.1, -0.05) is 182 Å². The maximum Gasteiger partial charge on any atom is 0.160 e. The monoisotopic (exact) mass is 660 g/mol. The van der Waals surface area contributed by atoms with E-state index in [0.717, 1.165) is 33.6 Å². The fraction of sp³-hybridized carbons (Fsp3) is 0. The molecule has 0 saturated heterocycles. The highest BCUT2D eigenvalue weighted by molar-refractivity contribution is 6.27. The van der Waals surface area contributed by atoms with Gasteiger partial charge in [-0.3, -0.25) is 0 Å². The maximum atomic E-state index is 5.42. The molecule has 9 aromatic carbocycles. The SMILES string of the molecule is c1ccc(-c2nc(-c3cccc(-c4cccc5ccccc45)c3)cc(-c3c4ccccc4c(-c4ccccc4)c4ccc5ccccc5c34)n2)cc1. The van der Waals surface area contributed by atoms with Gasteiger partial charge >= 0.3 is 0 Å². The first-order valence-corrected chi connectivity index (χ1v) is 17.8. The summed E-state index contributed by atoms with van der Waals surface area (Å²) in [7, 11) is 0. The fourth-order valence-corrected chi connectivity index (χ4v) is 7.89. The average molecular weight is 661 g/mol. The van der Waals surface area contributed by atoms with Gasteiger partial charge in [-0.05, 0) is 72.1 Å². The molecular weight excluding hydrogens is 629 g/mol. The van der Waals surface area contributed by atoms with E-state index in [0.29, 0.717) is 5.82 Å². The average Bonchev–Trinajstić information content (AvgIpc) is 3.23. The minimum atomic E-state index is 0.702. The van der Waals surface area contributed by atoms with Gasteiger partial charge < -0.3 is 0 Å². The van der Waals surface area contributed by atoms with Crippen molar-refractivity contribution in [2.45, 2.75) is 0 Å². The minimum Gasteiger partial charge on any atom is -0.228 e. The Hall–Kier alpha value is -6.90. The molecule has 52 heavy (non-hydrogen) atoms. The molecule has 0 aliphatic rings. The molecule has 2 nitrogen and oxygen atoms in total. The first-order valence-electron chi connectivity index (χ1n) is 17.8. The first-order chi connectivity index (χ1) is 25.8. The summed E-state index contributed by atoms with van der Waals surface area (Å²) >= 11 is 0. The van der Waals surface area contributed by atoms with E-state index in [4.69, 9.17) is 9.97 Å². The van der Waals surface area contributed by atoms with Crippen LogP contribution in [-0.4, -0.2) is 9.97 Å². The van der Waals surface area contributed by atoms with Gasteiger partial charge in [0.2, 0.25) is 0 Å². The van der Waals surface area contributed by atoms with Gasteiger partial charge in [-0.25, -0.2) is 9.97 Å². The summed E-state index contributed by atoms with van der Waals surface area (Å²) in [6.07, 6.45) is 0. The molecule has 0 N–H and O–H groups in total. The summed E-state index contributed by atoms with van der Waals surface area (Å²) in [4.78, 5) is 10.7. The van der Waals surface area contributed by atoms with Crippen LogP contribution in [0.4, 0.5) is 0 Å². The molecule has 0 aliphatic heterocycles. The van der Waals surface area contributed by atoms with E-state index in [9.17, 15) is 0 Å². The molecule has 0 unspecified atom stereocenters. The maximum absolute atomic E-state index is 5.42. The highest BCUT2D eigenvalue weighted by atomic mass is 14.9. The highest BCUT2D eigenvalue weighted by Crippen LogP contribution is 2.46. The fourth-order valence-electron chi connectivity index (χ4n) is 7.89. The van der Waals surface area contributed by atoms with Crippen LogP contribution in [0.5, 0.6) is 0 Å². The van der Waals surface area contributed by atoms with E-state index < -0.39 is 0 Å². The molecule has 0 spiro atoms. The number of aromatic nitrogens is 2. The number of benzene rings is 9. The van der Waals surface area contributed by atoms with Crippen molar-refractivity contribution < 1.29 is 0 Å². The van der Waals surface area contributed by atoms with Crippen LogP contribution in [0, 0.1) is 0 Å². The topological polar surface area (TPSA) is 25.8 Å².